The number of rotatable bonds is 16. The molecule has 0 heterocycles. The van der Waals surface area contributed by atoms with Crippen molar-refractivity contribution in [1.29, 1.82) is 0 Å². The van der Waals surface area contributed by atoms with Crippen molar-refractivity contribution in [3.05, 3.63) is 35.9 Å². The molecule has 4 N–H and O–H groups in total. The van der Waals surface area contributed by atoms with Gasteiger partial charge in [0, 0.05) is 26.6 Å². The molecule has 43 heavy (non-hydrogen) atoms. The minimum absolute atomic E-state index is 0.0578. The summed E-state index contributed by atoms with van der Waals surface area (Å²) < 4.78 is 23.3. The maximum Gasteiger partial charge on any atom is 0.360 e. The molecule has 0 unspecified atom stereocenters. The summed E-state index contributed by atoms with van der Waals surface area (Å²) >= 11 is 0. The molecule has 0 spiro atoms. The molecule has 1 aromatic carbocycles. The van der Waals surface area contributed by atoms with E-state index in [-0.39, 0.29) is 30.1 Å². The SMILES string of the molecule is COP(=O)(OC)[C@H](O)[C@H](CC1CCCCC1)NC(=O)[C@H](CC(C)C)NC(=O)[C@H](Cc1ccccc1)NC(=O)C1CCCC1. The predicted octanol–water partition coefficient (Wildman–Crippen LogP) is 4.69. The Hall–Kier alpha value is -2.26. The normalized spacial score (nSPS) is 19.4. The number of amides is 3. The molecule has 0 aliphatic heterocycles. The Kier molecular flexibility index (Phi) is 14.2. The fraction of sp³-hybridized carbons (Fsp3) is 0.719. The van der Waals surface area contributed by atoms with Crippen molar-refractivity contribution in [2.45, 2.75) is 115 Å². The molecule has 2 aliphatic carbocycles. The van der Waals surface area contributed by atoms with Gasteiger partial charge < -0.3 is 30.1 Å². The van der Waals surface area contributed by atoms with E-state index in [9.17, 15) is 24.1 Å². The second-order valence-electron chi connectivity index (χ2n) is 12.6. The molecule has 2 saturated carbocycles. The molecule has 0 saturated heterocycles. The Balaban J connectivity index is 1.80. The zero-order chi connectivity index (χ0) is 31.4. The van der Waals surface area contributed by atoms with E-state index < -0.39 is 43.4 Å². The first-order chi connectivity index (χ1) is 20.6. The summed E-state index contributed by atoms with van der Waals surface area (Å²) in [6, 6.07) is 6.79. The minimum atomic E-state index is -3.91. The number of hydrogen-bond acceptors (Lipinski definition) is 7. The molecule has 0 bridgehead atoms. The third-order valence-electron chi connectivity index (χ3n) is 8.81. The summed E-state index contributed by atoms with van der Waals surface area (Å²) in [6.45, 7) is 3.91. The predicted molar refractivity (Wildman–Crippen MR) is 166 cm³/mol. The lowest BCUT2D eigenvalue weighted by molar-refractivity contribution is -0.133. The average molecular weight is 622 g/mol. The van der Waals surface area contributed by atoms with Gasteiger partial charge in [-0.15, -0.1) is 0 Å². The van der Waals surface area contributed by atoms with Crippen LogP contribution in [0.25, 0.3) is 0 Å². The fourth-order valence-corrected chi connectivity index (χ4v) is 7.56. The molecule has 11 heteroatoms. The summed E-state index contributed by atoms with van der Waals surface area (Å²) in [7, 11) is -1.49. The highest BCUT2D eigenvalue weighted by Crippen LogP contribution is 2.52. The molecule has 3 rings (SSSR count). The number of benzene rings is 1. The zero-order valence-electron chi connectivity index (χ0n) is 26.3. The summed E-state index contributed by atoms with van der Waals surface area (Å²) in [4.78, 5) is 40.6. The molecule has 2 fully saturated rings. The molecular formula is C32H52N3O7P. The molecular weight excluding hydrogens is 569 g/mol. The van der Waals surface area contributed by atoms with Gasteiger partial charge in [-0.1, -0.05) is 89.1 Å². The van der Waals surface area contributed by atoms with Crippen LogP contribution in [0.15, 0.2) is 30.3 Å². The molecule has 10 nitrogen and oxygen atoms in total. The van der Waals surface area contributed by atoms with Crippen molar-refractivity contribution in [1.82, 2.24) is 16.0 Å². The van der Waals surface area contributed by atoms with Crippen LogP contribution in [0.2, 0.25) is 0 Å². The largest absolute Gasteiger partial charge is 0.379 e. The van der Waals surface area contributed by atoms with Gasteiger partial charge in [0.25, 0.3) is 0 Å². The van der Waals surface area contributed by atoms with Gasteiger partial charge in [0.1, 0.15) is 12.1 Å². The molecule has 0 radical (unpaired) electrons. The van der Waals surface area contributed by atoms with Crippen LogP contribution in [0.5, 0.6) is 0 Å². The Morgan fingerprint density at radius 1 is 0.860 bits per heavy atom. The van der Waals surface area contributed by atoms with Gasteiger partial charge in [0.15, 0.2) is 5.85 Å². The summed E-state index contributed by atoms with van der Waals surface area (Å²) in [5, 5.41) is 19.9. The lowest BCUT2D eigenvalue weighted by Gasteiger charge is -2.33. The Bertz CT molecular complexity index is 1070. The first-order valence-corrected chi connectivity index (χ1v) is 17.5. The van der Waals surface area contributed by atoms with Gasteiger partial charge in [-0.2, -0.15) is 0 Å². The van der Waals surface area contributed by atoms with E-state index in [2.05, 4.69) is 16.0 Å². The van der Waals surface area contributed by atoms with E-state index in [1.807, 2.05) is 44.2 Å². The van der Waals surface area contributed by atoms with E-state index in [4.69, 9.17) is 9.05 Å². The molecule has 3 amide bonds. The van der Waals surface area contributed by atoms with Gasteiger partial charge in [-0.05, 0) is 43.1 Å². The molecule has 1 aromatic rings. The van der Waals surface area contributed by atoms with Gasteiger partial charge in [0.05, 0.1) is 6.04 Å². The number of hydrogen-bond donors (Lipinski definition) is 4. The van der Waals surface area contributed by atoms with Crippen LogP contribution in [0, 0.1) is 17.8 Å². The van der Waals surface area contributed by atoms with Crippen molar-refractivity contribution in [3.8, 4) is 0 Å². The smallest absolute Gasteiger partial charge is 0.360 e. The third-order valence-corrected chi connectivity index (χ3v) is 10.8. The number of carbonyl (C=O) groups excluding carboxylic acids is 3. The van der Waals surface area contributed by atoms with Crippen molar-refractivity contribution >= 4 is 25.3 Å². The Morgan fingerprint density at radius 2 is 1.44 bits per heavy atom. The second-order valence-corrected chi connectivity index (χ2v) is 14.9. The van der Waals surface area contributed by atoms with E-state index in [0.717, 1.165) is 63.4 Å². The second kappa shape index (κ2) is 17.3. The Morgan fingerprint density at radius 3 is 2.02 bits per heavy atom. The van der Waals surface area contributed by atoms with Gasteiger partial charge in [-0.25, -0.2) is 0 Å². The quantitative estimate of drug-likeness (QED) is 0.196. The number of nitrogens with one attached hydrogen (secondary N) is 3. The van der Waals surface area contributed by atoms with E-state index in [1.165, 1.54) is 14.2 Å². The van der Waals surface area contributed by atoms with Crippen LogP contribution in [0.4, 0.5) is 0 Å². The van der Waals surface area contributed by atoms with Crippen molar-refractivity contribution in [2.24, 2.45) is 17.8 Å². The Labute approximate surface area is 257 Å². The van der Waals surface area contributed by atoms with Crippen molar-refractivity contribution in [3.63, 3.8) is 0 Å². The number of carbonyl (C=O) groups is 3. The molecule has 2 aliphatic rings. The van der Waals surface area contributed by atoms with Crippen LogP contribution < -0.4 is 16.0 Å². The first-order valence-electron chi connectivity index (χ1n) is 15.9. The fourth-order valence-electron chi connectivity index (χ4n) is 6.34. The van der Waals surface area contributed by atoms with E-state index in [0.29, 0.717) is 12.8 Å². The van der Waals surface area contributed by atoms with Crippen LogP contribution >= 0.6 is 7.60 Å². The van der Waals surface area contributed by atoms with Crippen LogP contribution in [-0.4, -0.2) is 61.0 Å². The standard InChI is InChI=1S/C32H52N3O7P/c1-22(2)19-26(30(37)35-28(21-24-15-9-6-10-16-24)32(39)43(40,41-3)42-4)34-31(38)27(20-23-13-7-5-8-14-23)33-29(36)25-17-11-12-18-25/h5,7-8,13-14,22,24-28,32,39H,6,9-12,15-21H2,1-4H3,(H,33,36)(H,34,38)(H,35,37)/t26-,27-,28-,32-/m0/s1. The molecule has 0 aromatic heterocycles. The summed E-state index contributed by atoms with van der Waals surface area (Å²) in [6.07, 6.45) is 9.84. The van der Waals surface area contributed by atoms with Gasteiger partial charge >= 0.3 is 7.60 Å². The van der Waals surface area contributed by atoms with E-state index in [1.54, 1.807) is 0 Å². The summed E-state index contributed by atoms with van der Waals surface area (Å²) in [5.41, 5.74) is 0.893. The zero-order valence-corrected chi connectivity index (χ0v) is 27.2. The monoisotopic (exact) mass is 621 g/mol. The lowest BCUT2D eigenvalue weighted by Crippen LogP contribution is -2.57. The van der Waals surface area contributed by atoms with Crippen LogP contribution in [0.1, 0.15) is 90.0 Å². The van der Waals surface area contributed by atoms with Crippen molar-refractivity contribution in [2.75, 3.05) is 14.2 Å². The average Bonchev–Trinajstić information content (AvgIpc) is 3.55. The number of aliphatic hydroxyl groups excluding tert-OH is 1. The third kappa shape index (κ3) is 10.7. The van der Waals surface area contributed by atoms with Gasteiger partial charge in [0.2, 0.25) is 17.7 Å². The maximum absolute atomic E-state index is 13.8. The highest BCUT2D eigenvalue weighted by Gasteiger charge is 2.41. The van der Waals surface area contributed by atoms with E-state index >= 15 is 0 Å². The number of aliphatic hydroxyl groups is 1. The van der Waals surface area contributed by atoms with Crippen LogP contribution in [0.3, 0.4) is 0 Å². The molecule has 4 atom stereocenters. The minimum Gasteiger partial charge on any atom is -0.379 e. The molecule has 242 valence electrons. The van der Waals surface area contributed by atoms with Crippen molar-refractivity contribution < 1.29 is 33.1 Å². The highest BCUT2D eigenvalue weighted by molar-refractivity contribution is 7.54. The van der Waals surface area contributed by atoms with Gasteiger partial charge in [-0.3, -0.25) is 18.9 Å². The topological polar surface area (TPSA) is 143 Å². The lowest BCUT2D eigenvalue weighted by atomic mass is 9.85. The maximum atomic E-state index is 13.8. The first kappa shape index (κ1) is 35.2. The highest BCUT2D eigenvalue weighted by atomic mass is 31.2. The van der Waals surface area contributed by atoms with Crippen LogP contribution in [-0.2, 0) is 34.4 Å². The summed E-state index contributed by atoms with van der Waals surface area (Å²) in [5.74, 6) is -2.44.